The molecule has 0 bridgehead atoms. The summed E-state index contributed by atoms with van der Waals surface area (Å²) in [6.07, 6.45) is 4.40. The van der Waals surface area contributed by atoms with Crippen LogP contribution in [0.4, 0.5) is 5.69 Å². The number of nitrogens with one attached hydrogen (secondary N) is 1. The van der Waals surface area contributed by atoms with E-state index in [1.165, 1.54) is 37.6 Å². The van der Waals surface area contributed by atoms with Crippen LogP contribution < -0.4 is 10.1 Å². The summed E-state index contributed by atoms with van der Waals surface area (Å²) >= 11 is 0. The van der Waals surface area contributed by atoms with E-state index in [9.17, 15) is 23.1 Å². The van der Waals surface area contributed by atoms with Crippen molar-refractivity contribution in [3.8, 4) is 5.75 Å². The first-order valence-electron chi connectivity index (χ1n) is 12.2. The minimum atomic E-state index is -3.94. The third-order valence-electron chi connectivity index (χ3n) is 6.26. The Morgan fingerprint density at radius 2 is 1.87 bits per heavy atom. The van der Waals surface area contributed by atoms with E-state index in [2.05, 4.69) is 10.3 Å². The van der Waals surface area contributed by atoms with Gasteiger partial charge in [0.25, 0.3) is 0 Å². The van der Waals surface area contributed by atoms with Crippen molar-refractivity contribution in [2.75, 3.05) is 38.7 Å². The molecule has 1 fully saturated rings. The van der Waals surface area contributed by atoms with Gasteiger partial charge in [0, 0.05) is 37.5 Å². The number of nitrogens with zero attached hydrogens (tertiary/aromatic N) is 2. The number of aromatic nitrogens is 1. The van der Waals surface area contributed by atoms with E-state index >= 15 is 0 Å². The molecule has 4 rings (SSSR count). The fourth-order valence-electron chi connectivity index (χ4n) is 4.22. The van der Waals surface area contributed by atoms with Gasteiger partial charge in [-0.2, -0.15) is 0 Å². The minimum absolute atomic E-state index is 0.00285. The fourth-order valence-corrected chi connectivity index (χ4v) is 5.62. The molecular weight excluding hydrogens is 522 g/mol. The molecule has 1 amide bonds. The quantitative estimate of drug-likeness (QED) is 0.384. The van der Waals surface area contributed by atoms with Gasteiger partial charge in [0.2, 0.25) is 15.7 Å². The second-order valence-electron chi connectivity index (χ2n) is 8.84. The van der Waals surface area contributed by atoms with E-state index in [0.717, 1.165) is 0 Å². The SMILES string of the molecule is COc1ccc(S(=O)(=O)c2ncccc2CNc2c(C)cc(/C=C/C(=O)N3CCOCC3)cc2C(=O)O)cc1. The maximum atomic E-state index is 13.3. The zero-order chi connectivity index (χ0) is 28.0. The zero-order valence-electron chi connectivity index (χ0n) is 21.6. The average molecular weight is 552 g/mol. The number of carboxylic acid groups (broad SMARTS) is 1. The highest BCUT2D eigenvalue weighted by atomic mass is 32.2. The van der Waals surface area contributed by atoms with Crippen LogP contribution in [0, 0.1) is 6.92 Å². The third kappa shape index (κ3) is 6.44. The van der Waals surface area contributed by atoms with Crippen LogP contribution in [0.15, 0.2) is 70.7 Å². The molecule has 0 saturated carbocycles. The number of aryl methyl sites for hydroxylation is 1. The maximum absolute atomic E-state index is 13.3. The monoisotopic (exact) mass is 551 g/mol. The van der Waals surface area contributed by atoms with Gasteiger partial charge in [0.1, 0.15) is 5.75 Å². The van der Waals surface area contributed by atoms with Crippen molar-refractivity contribution in [1.29, 1.82) is 0 Å². The molecule has 0 spiro atoms. The number of morpholine rings is 1. The van der Waals surface area contributed by atoms with E-state index in [1.54, 1.807) is 48.2 Å². The molecule has 204 valence electrons. The number of hydrogen-bond donors (Lipinski definition) is 2. The molecule has 10 nitrogen and oxygen atoms in total. The number of amides is 1. The molecule has 1 saturated heterocycles. The van der Waals surface area contributed by atoms with Crippen molar-refractivity contribution in [2.24, 2.45) is 0 Å². The number of carbonyl (C=O) groups is 2. The summed E-state index contributed by atoms with van der Waals surface area (Å²) < 4.78 is 37.0. The van der Waals surface area contributed by atoms with Crippen LogP contribution in [0.1, 0.15) is 27.0 Å². The van der Waals surface area contributed by atoms with Gasteiger partial charge in [-0.3, -0.25) is 4.79 Å². The van der Waals surface area contributed by atoms with Crippen LogP contribution in [0.2, 0.25) is 0 Å². The molecule has 3 aromatic rings. The van der Waals surface area contributed by atoms with Crippen molar-refractivity contribution in [3.05, 3.63) is 83.1 Å². The number of anilines is 1. The predicted molar refractivity (Wildman–Crippen MR) is 145 cm³/mol. The largest absolute Gasteiger partial charge is 0.497 e. The molecule has 2 aromatic carbocycles. The summed E-state index contributed by atoms with van der Waals surface area (Å²) in [5.74, 6) is -0.804. The number of methoxy groups -OCH3 is 1. The lowest BCUT2D eigenvalue weighted by molar-refractivity contribution is -0.129. The lowest BCUT2D eigenvalue weighted by atomic mass is 10.0. The van der Waals surface area contributed by atoms with E-state index in [-0.39, 0.29) is 27.9 Å². The van der Waals surface area contributed by atoms with E-state index < -0.39 is 15.8 Å². The lowest BCUT2D eigenvalue weighted by Gasteiger charge is -2.25. The summed E-state index contributed by atoms with van der Waals surface area (Å²) in [5.41, 5.74) is 1.90. The normalized spacial score (nSPS) is 13.8. The van der Waals surface area contributed by atoms with Gasteiger partial charge in [-0.15, -0.1) is 0 Å². The Balaban J connectivity index is 1.57. The van der Waals surface area contributed by atoms with Gasteiger partial charge in [-0.25, -0.2) is 18.2 Å². The van der Waals surface area contributed by atoms with Crippen LogP contribution in [0.5, 0.6) is 5.75 Å². The molecule has 11 heteroatoms. The van der Waals surface area contributed by atoms with Crippen molar-refractivity contribution in [2.45, 2.75) is 23.4 Å². The maximum Gasteiger partial charge on any atom is 0.337 e. The first kappa shape index (κ1) is 27.8. The standard InChI is InChI=1S/C28H29N3O7S/c1-19-16-20(5-10-25(32)31-12-14-38-15-13-31)17-24(28(33)34)26(19)30-18-21-4-3-11-29-27(21)39(35,36)23-8-6-22(37-2)7-9-23/h3-11,16-17,30H,12-15,18H2,1-2H3,(H,33,34)/b10-5+. The first-order valence-corrected chi connectivity index (χ1v) is 13.7. The summed E-state index contributed by atoms with van der Waals surface area (Å²) in [5, 5.41) is 12.9. The van der Waals surface area contributed by atoms with Gasteiger partial charge < -0.3 is 24.8 Å². The third-order valence-corrected chi connectivity index (χ3v) is 8.03. The first-order chi connectivity index (χ1) is 18.7. The van der Waals surface area contributed by atoms with Crippen LogP contribution in [-0.4, -0.2) is 68.7 Å². The summed E-state index contributed by atoms with van der Waals surface area (Å²) in [7, 11) is -2.45. The van der Waals surface area contributed by atoms with Crippen molar-refractivity contribution >= 4 is 33.5 Å². The number of rotatable bonds is 9. The lowest BCUT2D eigenvalue weighted by Crippen LogP contribution is -2.39. The number of hydrogen-bond acceptors (Lipinski definition) is 8. The second-order valence-corrected chi connectivity index (χ2v) is 10.7. The van der Waals surface area contributed by atoms with Gasteiger partial charge >= 0.3 is 5.97 Å². The second kappa shape index (κ2) is 12.1. The number of ether oxygens (including phenoxy) is 2. The fraction of sp³-hybridized carbons (Fsp3) is 0.250. The summed E-state index contributed by atoms with van der Waals surface area (Å²) in [6.45, 7) is 3.76. The van der Waals surface area contributed by atoms with E-state index in [1.807, 2.05) is 0 Å². The molecule has 2 N–H and O–H groups in total. The zero-order valence-corrected chi connectivity index (χ0v) is 22.4. The molecule has 0 unspecified atom stereocenters. The number of benzene rings is 2. The van der Waals surface area contributed by atoms with Crippen LogP contribution in [0.25, 0.3) is 6.08 Å². The van der Waals surface area contributed by atoms with Gasteiger partial charge in [0.15, 0.2) is 5.03 Å². The molecule has 2 heterocycles. The molecule has 1 aromatic heterocycles. The molecule has 1 aliphatic heterocycles. The number of sulfone groups is 1. The molecule has 0 aliphatic carbocycles. The van der Waals surface area contributed by atoms with Crippen molar-refractivity contribution < 1.29 is 32.6 Å². The highest BCUT2D eigenvalue weighted by Crippen LogP contribution is 2.28. The number of carboxylic acids is 1. The Morgan fingerprint density at radius 3 is 2.54 bits per heavy atom. The molecular formula is C28H29N3O7S. The Morgan fingerprint density at radius 1 is 1.15 bits per heavy atom. The number of pyridine rings is 1. The average Bonchev–Trinajstić information content (AvgIpc) is 2.95. The Hall–Kier alpha value is -4.22. The minimum Gasteiger partial charge on any atom is -0.497 e. The Bertz CT molecular complexity index is 1500. The molecule has 1 aliphatic rings. The van der Waals surface area contributed by atoms with Gasteiger partial charge in [-0.1, -0.05) is 6.07 Å². The highest BCUT2D eigenvalue weighted by Gasteiger charge is 2.23. The smallest absolute Gasteiger partial charge is 0.337 e. The Kier molecular flexibility index (Phi) is 8.62. The van der Waals surface area contributed by atoms with E-state index in [0.29, 0.717) is 54.4 Å². The van der Waals surface area contributed by atoms with Crippen LogP contribution in [0.3, 0.4) is 0 Å². The van der Waals surface area contributed by atoms with Crippen LogP contribution >= 0.6 is 0 Å². The van der Waals surface area contributed by atoms with Crippen molar-refractivity contribution in [1.82, 2.24) is 9.88 Å². The number of carbonyl (C=O) groups excluding carboxylic acids is 1. The van der Waals surface area contributed by atoms with Crippen molar-refractivity contribution in [3.63, 3.8) is 0 Å². The Labute approximate surface area is 226 Å². The molecule has 39 heavy (non-hydrogen) atoms. The predicted octanol–water partition coefficient (Wildman–Crippen LogP) is 3.41. The van der Waals surface area contributed by atoms with E-state index in [4.69, 9.17) is 9.47 Å². The topological polar surface area (TPSA) is 135 Å². The molecule has 0 atom stereocenters. The summed E-state index contributed by atoms with van der Waals surface area (Å²) in [4.78, 5) is 30.4. The van der Waals surface area contributed by atoms with Crippen LogP contribution in [-0.2, 0) is 25.9 Å². The molecule has 0 radical (unpaired) electrons. The summed E-state index contributed by atoms with van der Waals surface area (Å²) in [6, 6.07) is 12.5. The van der Waals surface area contributed by atoms with Gasteiger partial charge in [0.05, 0.1) is 36.5 Å². The number of aromatic carboxylic acids is 1. The highest BCUT2D eigenvalue weighted by molar-refractivity contribution is 7.91. The van der Waals surface area contributed by atoms with Gasteiger partial charge in [-0.05, 0) is 66.6 Å².